The van der Waals surface area contributed by atoms with Gasteiger partial charge in [0, 0.05) is 24.3 Å². The zero-order valence-electron chi connectivity index (χ0n) is 10.4. The van der Waals surface area contributed by atoms with Gasteiger partial charge in [-0.25, -0.2) is 4.39 Å². The molecule has 0 bridgehead atoms. The molecule has 0 aromatic heterocycles. The molecule has 4 nitrogen and oxygen atoms in total. The molecule has 2 rings (SSSR count). The predicted molar refractivity (Wildman–Crippen MR) is 68.3 cm³/mol. The van der Waals surface area contributed by atoms with Crippen molar-refractivity contribution in [3.8, 4) is 0 Å². The molecule has 1 aliphatic heterocycles. The van der Waals surface area contributed by atoms with Crippen LogP contribution in [0, 0.1) is 15.9 Å². The number of anilines is 1. The van der Waals surface area contributed by atoms with E-state index in [4.69, 9.17) is 0 Å². The van der Waals surface area contributed by atoms with Crippen LogP contribution < -0.4 is 4.90 Å². The van der Waals surface area contributed by atoms with Crippen molar-refractivity contribution >= 4 is 11.4 Å². The fourth-order valence-corrected chi connectivity index (χ4v) is 2.49. The molecule has 0 amide bonds. The molecule has 0 saturated carbocycles. The second-order valence-electron chi connectivity index (χ2n) is 4.82. The van der Waals surface area contributed by atoms with Gasteiger partial charge in [-0.1, -0.05) is 12.8 Å². The molecule has 18 heavy (non-hydrogen) atoms. The quantitative estimate of drug-likeness (QED) is 0.597. The fraction of sp³-hybridized carbons (Fsp3) is 0.538. The molecule has 1 unspecified atom stereocenters. The van der Waals surface area contributed by atoms with Gasteiger partial charge in [-0.2, -0.15) is 0 Å². The van der Waals surface area contributed by atoms with E-state index in [-0.39, 0.29) is 5.69 Å². The van der Waals surface area contributed by atoms with Gasteiger partial charge in [-0.15, -0.1) is 0 Å². The van der Waals surface area contributed by atoms with Crippen molar-refractivity contribution in [2.45, 2.75) is 38.6 Å². The number of rotatable bonds is 2. The predicted octanol–water partition coefficient (Wildman–Crippen LogP) is 3.50. The minimum absolute atomic E-state index is 0.179. The third-order valence-electron chi connectivity index (χ3n) is 3.46. The standard InChI is InChI=1S/C13H17FN2O2/c1-10-5-3-2-4-6-15(10)12-7-11(14)8-13(9-12)16(17)18/h7-10H,2-6H2,1H3. The van der Waals surface area contributed by atoms with Crippen LogP contribution in [0.3, 0.4) is 0 Å². The van der Waals surface area contributed by atoms with Crippen molar-refractivity contribution in [3.05, 3.63) is 34.1 Å². The summed E-state index contributed by atoms with van der Waals surface area (Å²) < 4.78 is 13.4. The Hall–Kier alpha value is -1.65. The summed E-state index contributed by atoms with van der Waals surface area (Å²) in [7, 11) is 0. The zero-order valence-corrected chi connectivity index (χ0v) is 10.4. The first-order chi connectivity index (χ1) is 8.58. The van der Waals surface area contributed by atoms with Gasteiger partial charge < -0.3 is 4.90 Å². The summed E-state index contributed by atoms with van der Waals surface area (Å²) in [5, 5.41) is 10.8. The highest BCUT2D eigenvalue weighted by Crippen LogP contribution is 2.28. The van der Waals surface area contributed by atoms with Crippen LogP contribution in [0.1, 0.15) is 32.6 Å². The highest BCUT2D eigenvalue weighted by atomic mass is 19.1. The van der Waals surface area contributed by atoms with E-state index in [1.54, 1.807) is 0 Å². The smallest absolute Gasteiger partial charge is 0.274 e. The van der Waals surface area contributed by atoms with Crippen LogP contribution in [0.15, 0.2) is 18.2 Å². The first-order valence-electron chi connectivity index (χ1n) is 6.29. The van der Waals surface area contributed by atoms with Crippen molar-refractivity contribution in [2.24, 2.45) is 0 Å². The summed E-state index contributed by atoms with van der Waals surface area (Å²) in [6.07, 6.45) is 4.42. The summed E-state index contributed by atoms with van der Waals surface area (Å²) in [5.74, 6) is -0.546. The lowest BCUT2D eigenvalue weighted by molar-refractivity contribution is -0.385. The molecule has 1 saturated heterocycles. The van der Waals surface area contributed by atoms with Gasteiger partial charge in [0.1, 0.15) is 5.82 Å². The van der Waals surface area contributed by atoms with Gasteiger partial charge in [0.2, 0.25) is 0 Å². The average molecular weight is 252 g/mol. The van der Waals surface area contributed by atoms with Gasteiger partial charge in [0.15, 0.2) is 0 Å². The Morgan fingerprint density at radius 1 is 1.33 bits per heavy atom. The first-order valence-corrected chi connectivity index (χ1v) is 6.29. The monoisotopic (exact) mass is 252 g/mol. The Kier molecular flexibility index (Phi) is 3.79. The van der Waals surface area contributed by atoms with Crippen LogP contribution in [0.5, 0.6) is 0 Å². The number of nitro benzene ring substituents is 1. The Bertz CT molecular complexity index is 451. The minimum Gasteiger partial charge on any atom is -0.369 e. The normalized spacial score (nSPS) is 20.6. The molecule has 1 atom stereocenters. The van der Waals surface area contributed by atoms with Gasteiger partial charge in [0.25, 0.3) is 5.69 Å². The average Bonchev–Trinajstić information content (AvgIpc) is 2.53. The number of non-ortho nitro benzene ring substituents is 1. The van der Waals surface area contributed by atoms with Crippen molar-refractivity contribution in [3.63, 3.8) is 0 Å². The number of hydrogen-bond donors (Lipinski definition) is 0. The van der Waals surface area contributed by atoms with Crippen LogP contribution in [-0.4, -0.2) is 17.5 Å². The molecule has 0 N–H and O–H groups in total. The largest absolute Gasteiger partial charge is 0.369 e. The number of nitrogens with zero attached hydrogens (tertiary/aromatic N) is 2. The van der Waals surface area contributed by atoms with E-state index < -0.39 is 10.7 Å². The van der Waals surface area contributed by atoms with E-state index in [2.05, 4.69) is 11.8 Å². The SMILES string of the molecule is CC1CCCCCN1c1cc(F)cc([N+](=O)[O-])c1. The molecule has 0 aliphatic carbocycles. The fourth-order valence-electron chi connectivity index (χ4n) is 2.49. The number of halogens is 1. The second-order valence-corrected chi connectivity index (χ2v) is 4.82. The van der Waals surface area contributed by atoms with E-state index in [0.717, 1.165) is 38.3 Å². The lowest BCUT2D eigenvalue weighted by Crippen LogP contribution is -2.32. The molecule has 0 spiro atoms. The molecule has 1 aromatic rings. The van der Waals surface area contributed by atoms with E-state index in [0.29, 0.717) is 11.7 Å². The van der Waals surface area contributed by atoms with Gasteiger partial charge in [-0.05, 0) is 25.8 Å². The van der Waals surface area contributed by atoms with Gasteiger partial charge in [-0.3, -0.25) is 10.1 Å². The van der Waals surface area contributed by atoms with Gasteiger partial charge in [0.05, 0.1) is 11.0 Å². The zero-order chi connectivity index (χ0) is 13.1. The molecule has 1 aliphatic rings. The first kappa shape index (κ1) is 12.8. The number of nitro groups is 1. The minimum atomic E-state index is -0.547. The Morgan fingerprint density at radius 2 is 2.11 bits per heavy atom. The summed E-state index contributed by atoms with van der Waals surface area (Å²) in [6.45, 7) is 2.92. The summed E-state index contributed by atoms with van der Waals surface area (Å²) in [5.41, 5.74) is 0.442. The highest BCUT2D eigenvalue weighted by molar-refractivity contribution is 5.54. The maximum atomic E-state index is 13.4. The van der Waals surface area contributed by atoms with Crippen molar-refractivity contribution in [1.82, 2.24) is 0 Å². The highest BCUT2D eigenvalue weighted by Gasteiger charge is 2.20. The molecular formula is C13H17FN2O2. The molecule has 1 fully saturated rings. The van der Waals surface area contributed by atoms with Crippen molar-refractivity contribution < 1.29 is 9.31 Å². The molecule has 0 radical (unpaired) electrons. The third-order valence-corrected chi connectivity index (χ3v) is 3.46. The van der Waals surface area contributed by atoms with Gasteiger partial charge >= 0.3 is 0 Å². The molecule has 1 aromatic carbocycles. The van der Waals surface area contributed by atoms with Crippen molar-refractivity contribution in [2.75, 3.05) is 11.4 Å². The maximum Gasteiger partial charge on any atom is 0.274 e. The maximum absolute atomic E-state index is 13.4. The number of benzene rings is 1. The molecule has 1 heterocycles. The van der Waals surface area contributed by atoms with E-state index >= 15 is 0 Å². The Morgan fingerprint density at radius 3 is 2.83 bits per heavy atom. The van der Waals surface area contributed by atoms with Crippen LogP contribution >= 0.6 is 0 Å². The van der Waals surface area contributed by atoms with Crippen LogP contribution in [0.4, 0.5) is 15.8 Å². The molecule has 5 heteroatoms. The van der Waals surface area contributed by atoms with E-state index in [9.17, 15) is 14.5 Å². The Labute approximate surface area is 106 Å². The second kappa shape index (κ2) is 5.33. The number of hydrogen-bond acceptors (Lipinski definition) is 3. The summed E-state index contributed by atoms with van der Waals surface area (Å²) in [6, 6.07) is 4.11. The Balaban J connectivity index is 2.33. The molecule has 98 valence electrons. The van der Waals surface area contributed by atoms with E-state index in [1.807, 2.05) is 0 Å². The van der Waals surface area contributed by atoms with Crippen LogP contribution in [0.2, 0.25) is 0 Å². The summed E-state index contributed by atoms with van der Waals surface area (Å²) >= 11 is 0. The lowest BCUT2D eigenvalue weighted by atomic mass is 10.1. The van der Waals surface area contributed by atoms with Crippen LogP contribution in [-0.2, 0) is 0 Å². The topological polar surface area (TPSA) is 46.4 Å². The third kappa shape index (κ3) is 2.78. The van der Waals surface area contributed by atoms with Crippen molar-refractivity contribution in [1.29, 1.82) is 0 Å². The summed E-state index contributed by atoms with van der Waals surface area (Å²) in [4.78, 5) is 12.3. The van der Waals surface area contributed by atoms with Crippen LogP contribution in [0.25, 0.3) is 0 Å². The molecular weight excluding hydrogens is 235 g/mol. The lowest BCUT2D eigenvalue weighted by Gasteiger charge is -2.29. The van der Waals surface area contributed by atoms with E-state index in [1.165, 1.54) is 12.1 Å².